The maximum Gasteiger partial charge on any atom is 0.340 e. The molecule has 0 amide bonds. The number of methoxy groups -OCH3 is 1. The Hall–Kier alpha value is -1.88. The van der Waals surface area contributed by atoms with Crippen LogP contribution in [0.5, 0.6) is 0 Å². The van der Waals surface area contributed by atoms with Crippen LogP contribution in [0.25, 0.3) is 0 Å². The summed E-state index contributed by atoms with van der Waals surface area (Å²) >= 11 is 1.05. The van der Waals surface area contributed by atoms with Crippen LogP contribution in [0.3, 0.4) is 0 Å². The summed E-state index contributed by atoms with van der Waals surface area (Å²) < 4.78 is 58.8. The van der Waals surface area contributed by atoms with Gasteiger partial charge >= 0.3 is 5.97 Å². The number of hydrogen-bond donors (Lipinski definition) is 1. The van der Waals surface area contributed by atoms with Crippen molar-refractivity contribution in [2.75, 3.05) is 20.2 Å². The van der Waals surface area contributed by atoms with E-state index in [2.05, 4.69) is 4.72 Å². The first-order valence-corrected chi connectivity index (χ1v) is 11.0. The summed E-state index contributed by atoms with van der Waals surface area (Å²) in [6, 6.07) is 3.76. The third-order valence-electron chi connectivity index (χ3n) is 4.46. The van der Waals surface area contributed by atoms with E-state index < -0.39 is 27.6 Å². The smallest absolute Gasteiger partial charge is 0.340 e. The zero-order valence-corrected chi connectivity index (χ0v) is 17.1. The van der Waals surface area contributed by atoms with Crippen LogP contribution < -0.4 is 4.72 Å². The zero-order chi connectivity index (χ0) is 20.5. The average Bonchev–Trinajstić information content (AvgIpc) is 3.04. The van der Waals surface area contributed by atoms with Gasteiger partial charge in [-0.1, -0.05) is 13.0 Å². The Labute approximate surface area is 166 Å². The quantitative estimate of drug-likeness (QED) is 0.714. The lowest BCUT2D eigenvalue weighted by Crippen LogP contribution is -2.30. The van der Waals surface area contributed by atoms with Crippen molar-refractivity contribution in [1.29, 1.82) is 0 Å². The molecule has 2 aromatic rings. The largest absolute Gasteiger partial charge is 0.465 e. The summed E-state index contributed by atoms with van der Waals surface area (Å²) in [6.45, 7) is 3.20. The Morgan fingerprint density at radius 1 is 1.32 bits per heavy atom. The molecule has 0 saturated carbocycles. The summed E-state index contributed by atoms with van der Waals surface area (Å²) in [6.07, 6.45) is 0.460. The van der Waals surface area contributed by atoms with Crippen molar-refractivity contribution in [3.63, 3.8) is 0 Å². The zero-order valence-electron chi connectivity index (χ0n) is 15.4. The Morgan fingerprint density at radius 2 is 2.07 bits per heavy atom. The fourth-order valence-electron chi connectivity index (χ4n) is 3.22. The third kappa shape index (κ3) is 4.09. The van der Waals surface area contributed by atoms with Crippen LogP contribution in [0.2, 0.25) is 0 Å². The van der Waals surface area contributed by atoms with Gasteiger partial charge in [0.25, 0.3) is 10.0 Å². The predicted molar refractivity (Wildman–Crippen MR) is 101 cm³/mol. The molecule has 1 aliphatic rings. The number of sulfonamides is 1. The maximum atomic E-state index is 13.4. The van der Waals surface area contributed by atoms with Gasteiger partial charge in [0.2, 0.25) is 0 Å². The molecule has 2 heterocycles. The molecule has 0 fully saturated rings. The Morgan fingerprint density at radius 3 is 2.71 bits per heavy atom. The lowest BCUT2D eigenvalue weighted by atomic mass is 10.0. The monoisotopic (exact) mass is 430 g/mol. The van der Waals surface area contributed by atoms with E-state index in [4.69, 9.17) is 4.74 Å². The Kier molecular flexibility index (Phi) is 6.13. The van der Waals surface area contributed by atoms with E-state index in [9.17, 15) is 22.0 Å². The molecular formula is C18H20F2N2O4S2. The highest BCUT2D eigenvalue weighted by Gasteiger charge is 2.33. The van der Waals surface area contributed by atoms with Crippen molar-refractivity contribution in [1.82, 2.24) is 9.62 Å². The number of carbonyl (C=O) groups is 1. The van der Waals surface area contributed by atoms with Gasteiger partial charge in [-0.15, -0.1) is 11.3 Å². The number of rotatable bonds is 6. The van der Waals surface area contributed by atoms with Crippen LogP contribution >= 0.6 is 11.3 Å². The van der Waals surface area contributed by atoms with Gasteiger partial charge < -0.3 is 4.74 Å². The van der Waals surface area contributed by atoms with E-state index in [-0.39, 0.29) is 16.3 Å². The molecule has 0 aliphatic carbocycles. The molecule has 6 nitrogen and oxygen atoms in total. The molecule has 3 rings (SSSR count). The van der Waals surface area contributed by atoms with Gasteiger partial charge in [-0.2, -0.15) is 0 Å². The molecule has 0 unspecified atom stereocenters. The standard InChI is InChI=1S/C18H20F2N2O4S2/c1-3-21-28(24,25)18-16(17(23)26-2)12-6-7-22(10-15(12)27-18)9-11-4-5-13(19)14(20)8-11/h4-5,8,21H,3,6-7,9-10H2,1-2H3. The molecular weight excluding hydrogens is 410 g/mol. The van der Waals surface area contributed by atoms with E-state index >= 15 is 0 Å². The average molecular weight is 430 g/mol. The number of nitrogens with zero attached hydrogens (tertiary/aromatic N) is 1. The number of halogens is 2. The number of ether oxygens (including phenoxy) is 1. The normalized spacial score (nSPS) is 14.7. The minimum absolute atomic E-state index is 0.0409. The summed E-state index contributed by atoms with van der Waals surface area (Å²) in [7, 11) is -2.60. The van der Waals surface area contributed by atoms with Crippen LogP contribution in [0.4, 0.5) is 8.78 Å². The topological polar surface area (TPSA) is 75.7 Å². The summed E-state index contributed by atoms with van der Waals surface area (Å²) in [4.78, 5) is 15.0. The molecule has 1 aromatic heterocycles. The molecule has 1 N–H and O–H groups in total. The number of nitrogens with one attached hydrogen (secondary N) is 1. The molecule has 0 spiro atoms. The molecule has 152 valence electrons. The SMILES string of the molecule is CCNS(=O)(=O)c1sc2c(c1C(=O)OC)CCN(Cc1ccc(F)c(F)c1)C2. The lowest BCUT2D eigenvalue weighted by molar-refractivity contribution is 0.0595. The second-order valence-electron chi connectivity index (χ2n) is 6.37. The highest BCUT2D eigenvalue weighted by molar-refractivity contribution is 7.91. The number of esters is 1. The second-order valence-corrected chi connectivity index (χ2v) is 9.44. The molecule has 0 bridgehead atoms. The predicted octanol–water partition coefficient (Wildman–Crippen LogP) is 2.67. The number of fused-ring (bicyclic) bond motifs is 1. The van der Waals surface area contributed by atoms with Crippen molar-refractivity contribution in [3.8, 4) is 0 Å². The summed E-state index contributed by atoms with van der Waals surface area (Å²) in [5, 5.41) is 0. The van der Waals surface area contributed by atoms with Crippen molar-refractivity contribution in [2.45, 2.75) is 30.6 Å². The van der Waals surface area contributed by atoms with Crippen molar-refractivity contribution < 1.29 is 26.7 Å². The van der Waals surface area contributed by atoms with E-state index in [1.54, 1.807) is 6.92 Å². The molecule has 1 aromatic carbocycles. The summed E-state index contributed by atoms with van der Waals surface area (Å²) in [5.74, 6) is -2.48. The van der Waals surface area contributed by atoms with Crippen molar-refractivity contribution in [2.24, 2.45) is 0 Å². The molecule has 10 heteroatoms. The molecule has 0 atom stereocenters. The number of hydrogen-bond acceptors (Lipinski definition) is 6. The maximum absolute atomic E-state index is 13.4. The number of carbonyl (C=O) groups excluding carboxylic acids is 1. The molecule has 0 saturated heterocycles. The number of benzene rings is 1. The molecule has 1 aliphatic heterocycles. The lowest BCUT2D eigenvalue weighted by Gasteiger charge is -2.27. The van der Waals surface area contributed by atoms with Gasteiger partial charge in [0.15, 0.2) is 11.6 Å². The van der Waals surface area contributed by atoms with Crippen molar-refractivity contribution in [3.05, 3.63) is 51.4 Å². The van der Waals surface area contributed by atoms with Crippen LogP contribution in [0, 0.1) is 11.6 Å². The van der Waals surface area contributed by atoms with Gasteiger partial charge in [-0.05, 0) is 29.7 Å². The molecule has 28 heavy (non-hydrogen) atoms. The van der Waals surface area contributed by atoms with Gasteiger partial charge in [-0.3, -0.25) is 4.90 Å². The van der Waals surface area contributed by atoms with E-state index in [1.165, 1.54) is 13.2 Å². The fraction of sp³-hybridized carbons (Fsp3) is 0.389. The van der Waals surface area contributed by atoms with E-state index in [0.29, 0.717) is 37.2 Å². The van der Waals surface area contributed by atoms with Crippen LogP contribution in [0.1, 0.15) is 33.3 Å². The van der Waals surface area contributed by atoms with Crippen LogP contribution in [-0.2, 0) is 34.3 Å². The van der Waals surface area contributed by atoms with Crippen LogP contribution in [-0.4, -0.2) is 39.5 Å². The first-order chi connectivity index (χ1) is 13.3. The Balaban J connectivity index is 1.91. The van der Waals surface area contributed by atoms with Gasteiger partial charge in [0.1, 0.15) is 4.21 Å². The second kappa shape index (κ2) is 8.24. The first-order valence-electron chi connectivity index (χ1n) is 8.65. The highest BCUT2D eigenvalue weighted by Crippen LogP contribution is 2.37. The number of thiophene rings is 1. The van der Waals surface area contributed by atoms with Gasteiger partial charge in [0.05, 0.1) is 12.7 Å². The first kappa shape index (κ1) is 20.8. The fourth-order valence-corrected chi connectivity index (χ4v) is 6.23. The van der Waals surface area contributed by atoms with Crippen molar-refractivity contribution >= 4 is 27.3 Å². The van der Waals surface area contributed by atoms with Gasteiger partial charge in [-0.25, -0.2) is 26.7 Å². The highest BCUT2D eigenvalue weighted by atomic mass is 32.2. The Bertz CT molecular complexity index is 1010. The molecule has 0 radical (unpaired) electrons. The van der Waals surface area contributed by atoms with Crippen LogP contribution in [0.15, 0.2) is 22.4 Å². The third-order valence-corrected chi connectivity index (χ3v) is 7.74. The van der Waals surface area contributed by atoms with E-state index in [1.807, 2.05) is 4.90 Å². The van der Waals surface area contributed by atoms with E-state index in [0.717, 1.165) is 28.3 Å². The summed E-state index contributed by atoms with van der Waals surface area (Å²) in [5.41, 5.74) is 1.39. The minimum Gasteiger partial charge on any atom is -0.465 e. The minimum atomic E-state index is -3.82. The van der Waals surface area contributed by atoms with Gasteiger partial charge in [0, 0.05) is 31.1 Å².